The third kappa shape index (κ3) is 3.55. The molecule has 22 heavy (non-hydrogen) atoms. The van der Waals surface area contributed by atoms with Crippen LogP contribution in [0.25, 0.3) is 11.3 Å². The first-order valence-corrected chi connectivity index (χ1v) is 7.89. The number of nitrogens with zero attached hydrogens (tertiary/aromatic N) is 2. The van der Waals surface area contributed by atoms with E-state index < -0.39 is 0 Å². The summed E-state index contributed by atoms with van der Waals surface area (Å²) >= 11 is 7.31. The van der Waals surface area contributed by atoms with E-state index >= 15 is 0 Å². The molecule has 6 heteroatoms. The Kier molecular flexibility index (Phi) is 4.56. The number of thiazole rings is 1. The van der Waals surface area contributed by atoms with Crippen LogP contribution in [0.1, 0.15) is 4.88 Å². The van der Waals surface area contributed by atoms with Crippen molar-refractivity contribution in [3.05, 3.63) is 58.0 Å². The zero-order chi connectivity index (χ0) is 15.4. The quantitative estimate of drug-likeness (QED) is 0.748. The zero-order valence-corrected chi connectivity index (χ0v) is 13.5. The maximum atomic E-state index is 5.84. The first kappa shape index (κ1) is 14.8. The summed E-state index contributed by atoms with van der Waals surface area (Å²) < 4.78 is 5.73. The highest BCUT2D eigenvalue weighted by atomic mass is 35.5. The van der Waals surface area contributed by atoms with Crippen molar-refractivity contribution < 1.29 is 4.74 Å². The average Bonchev–Trinajstić information content (AvgIpc) is 2.99. The van der Waals surface area contributed by atoms with Crippen LogP contribution in [0, 0.1) is 0 Å². The second kappa shape index (κ2) is 6.77. The van der Waals surface area contributed by atoms with Crippen molar-refractivity contribution >= 4 is 28.6 Å². The molecule has 1 aromatic carbocycles. The molecule has 0 amide bonds. The van der Waals surface area contributed by atoms with Crippen molar-refractivity contribution in [2.45, 2.75) is 6.54 Å². The largest absolute Gasteiger partial charge is 0.481 e. The summed E-state index contributed by atoms with van der Waals surface area (Å²) in [6, 6.07) is 13.8. The van der Waals surface area contributed by atoms with Gasteiger partial charge in [0.15, 0.2) is 4.47 Å². The van der Waals surface area contributed by atoms with Gasteiger partial charge in [0.2, 0.25) is 5.88 Å². The van der Waals surface area contributed by atoms with Crippen molar-refractivity contribution in [2.75, 3.05) is 12.4 Å². The van der Waals surface area contributed by atoms with Crippen LogP contribution >= 0.6 is 22.9 Å². The Morgan fingerprint density at radius 2 is 2.09 bits per heavy atom. The van der Waals surface area contributed by atoms with Crippen molar-refractivity contribution in [3.63, 3.8) is 0 Å². The first-order valence-electron chi connectivity index (χ1n) is 6.70. The minimum Gasteiger partial charge on any atom is -0.481 e. The van der Waals surface area contributed by atoms with Gasteiger partial charge >= 0.3 is 0 Å². The van der Waals surface area contributed by atoms with Gasteiger partial charge in [0.25, 0.3) is 0 Å². The molecule has 112 valence electrons. The molecule has 0 saturated carbocycles. The topological polar surface area (TPSA) is 47.0 Å². The van der Waals surface area contributed by atoms with E-state index in [1.165, 1.54) is 11.3 Å². The van der Waals surface area contributed by atoms with Gasteiger partial charge < -0.3 is 10.1 Å². The molecule has 1 N–H and O–H groups in total. The second-order valence-electron chi connectivity index (χ2n) is 4.58. The molecule has 0 spiro atoms. The lowest BCUT2D eigenvalue weighted by Crippen LogP contribution is -1.97. The molecule has 0 fully saturated rings. The number of methoxy groups -OCH3 is 1. The number of hydrogen-bond acceptors (Lipinski definition) is 5. The Morgan fingerprint density at radius 3 is 2.86 bits per heavy atom. The molecule has 0 atom stereocenters. The van der Waals surface area contributed by atoms with Crippen LogP contribution in [0.2, 0.25) is 4.47 Å². The molecular weight excluding hydrogens is 318 g/mol. The van der Waals surface area contributed by atoms with Crippen LogP contribution in [0.15, 0.2) is 48.7 Å². The van der Waals surface area contributed by atoms with Gasteiger partial charge in [-0.15, -0.1) is 11.3 Å². The molecule has 0 bridgehead atoms. The number of hydrogen-bond donors (Lipinski definition) is 1. The average molecular weight is 332 g/mol. The van der Waals surface area contributed by atoms with Gasteiger partial charge in [0, 0.05) is 28.4 Å². The van der Waals surface area contributed by atoms with Crippen LogP contribution in [-0.4, -0.2) is 17.1 Å². The Bertz CT molecular complexity index is 775. The summed E-state index contributed by atoms with van der Waals surface area (Å²) in [5, 5.41) is 3.37. The summed E-state index contributed by atoms with van der Waals surface area (Å²) in [5.41, 5.74) is 2.93. The molecular formula is C16H14ClN3OS. The van der Waals surface area contributed by atoms with E-state index in [4.69, 9.17) is 16.3 Å². The van der Waals surface area contributed by atoms with Gasteiger partial charge in [-0.1, -0.05) is 29.8 Å². The predicted molar refractivity (Wildman–Crippen MR) is 90.7 cm³/mol. The number of halogens is 1. The normalized spacial score (nSPS) is 10.5. The van der Waals surface area contributed by atoms with Crippen LogP contribution in [-0.2, 0) is 6.54 Å². The lowest BCUT2D eigenvalue weighted by molar-refractivity contribution is 0.398. The monoisotopic (exact) mass is 331 g/mol. The third-order valence-electron chi connectivity index (χ3n) is 3.08. The number of aromatic nitrogens is 2. The molecule has 2 aromatic heterocycles. The zero-order valence-electron chi connectivity index (χ0n) is 11.9. The van der Waals surface area contributed by atoms with E-state index in [-0.39, 0.29) is 0 Å². The Hall–Kier alpha value is -2.11. The summed E-state index contributed by atoms with van der Waals surface area (Å²) in [4.78, 5) is 9.57. The number of rotatable bonds is 5. The second-order valence-corrected chi connectivity index (χ2v) is 6.28. The Balaban J connectivity index is 1.77. The summed E-state index contributed by atoms with van der Waals surface area (Å²) in [6.07, 6.45) is 1.79. The van der Waals surface area contributed by atoms with E-state index in [9.17, 15) is 0 Å². The van der Waals surface area contributed by atoms with Gasteiger partial charge in [-0.25, -0.2) is 9.97 Å². The van der Waals surface area contributed by atoms with Crippen LogP contribution < -0.4 is 10.1 Å². The van der Waals surface area contributed by atoms with Crippen molar-refractivity contribution in [1.82, 2.24) is 9.97 Å². The van der Waals surface area contributed by atoms with E-state index in [0.29, 0.717) is 16.9 Å². The molecule has 3 aromatic rings. The predicted octanol–water partition coefficient (Wildman–Crippen LogP) is 4.48. The maximum Gasteiger partial charge on any atom is 0.213 e. The van der Waals surface area contributed by atoms with Crippen molar-refractivity contribution in [1.29, 1.82) is 0 Å². The lowest BCUT2D eigenvalue weighted by Gasteiger charge is -2.08. The molecule has 0 aliphatic rings. The van der Waals surface area contributed by atoms with Gasteiger partial charge in [-0.2, -0.15) is 0 Å². The summed E-state index contributed by atoms with van der Waals surface area (Å²) in [5.74, 6) is 0.607. The summed E-state index contributed by atoms with van der Waals surface area (Å²) in [6.45, 7) is 0.694. The van der Waals surface area contributed by atoms with E-state index in [2.05, 4.69) is 21.4 Å². The van der Waals surface area contributed by atoms with Crippen LogP contribution in [0.3, 0.4) is 0 Å². The molecule has 0 radical (unpaired) electrons. The number of ether oxygens (including phenoxy) is 1. The van der Waals surface area contributed by atoms with Crippen molar-refractivity contribution in [2.24, 2.45) is 0 Å². The van der Waals surface area contributed by atoms with Gasteiger partial charge in [-0.05, 0) is 18.2 Å². The van der Waals surface area contributed by atoms with Gasteiger partial charge in [0.05, 0.1) is 19.3 Å². The fourth-order valence-electron chi connectivity index (χ4n) is 2.03. The fraction of sp³-hybridized carbons (Fsp3) is 0.125. The van der Waals surface area contributed by atoms with Crippen molar-refractivity contribution in [3.8, 4) is 17.1 Å². The maximum absolute atomic E-state index is 5.84. The standard InChI is InChI=1S/C16H14ClN3OS/c1-21-15-7-3-6-14(20-15)11-4-2-5-12(8-11)18-9-13-10-19-16(17)22-13/h2-8,10,18H,9H2,1H3. The molecule has 0 unspecified atom stereocenters. The van der Waals surface area contributed by atoms with E-state index in [1.807, 2.05) is 36.4 Å². The number of anilines is 1. The highest BCUT2D eigenvalue weighted by Gasteiger charge is 2.04. The highest BCUT2D eigenvalue weighted by Crippen LogP contribution is 2.24. The highest BCUT2D eigenvalue weighted by molar-refractivity contribution is 7.15. The molecule has 2 heterocycles. The SMILES string of the molecule is COc1cccc(-c2cccc(NCc3cnc(Cl)s3)c2)n1. The molecule has 0 aliphatic heterocycles. The van der Waals surface area contributed by atoms with Crippen LogP contribution in [0.4, 0.5) is 5.69 Å². The Labute approximate surface area is 137 Å². The smallest absolute Gasteiger partial charge is 0.213 e. The number of pyridine rings is 1. The van der Waals surface area contributed by atoms with Gasteiger partial charge in [-0.3, -0.25) is 0 Å². The third-order valence-corrected chi connectivity index (χ3v) is 4.20. The van der Waals surface area contributed by atoms with E-state index in [0.717, 1.165) is 21.8 Å². The number of nitrogens with one attached hydrogen (secondary N) is 1. The van der Waals surface area contributed by atoms with Crippen LogP contribution in [0.5, 0.6) is 5.88 Å². The minimum atomic E-state index is 0.561. The Morgan fingerprint density at radius 1 is 1.23 bits per heavy atom. The molecule has 4 nitrogen and oxygen atoms in total. The molecule has 0 saturated heterocycles. The molecule has 3 rings (SSSR count). The fourth-order valence-corrected chi connectivity index (χ4v) is 2.95. The number of benzene rings is 1. The van der Waals surface area contributed by atoms with E-state index in [1.54, 1.807) is 13.3 Å². The minimum absolute atomic E-state index is 0.561. The first-order chi connectivity index (χ1) is 10.7. The molecule has 0 aliphatic carbocycles. The summed E-state index contributed by atoms with van der Waals surface area (Å²) in [7, 11) is 1.62. The lowest BCUT2D eigenvalue weighted by atomic mass is 10.1. The van der Waals surface area contributed by atoms with Gasteiger partial charge in [0.1, 0.15) is 0 Å².